The highest BCUT2D eigenvalue weighted by Crippen LogP contribution is 2.34. The Kier molecular flexibility index (Phi) is 10.1. The first-order valence-corrected chi connectivity index (χ1v) is 12.7. The first kappa shape index (κ1) is 27.1. The molecular formula is C30H45N3. The normalized spacial score (nSPS) is 12.5. The summed E-state index contributed by atoms with van der Waals surface area (Å²) in [6.45, 7) is 19.9. The van der Waals surface area contributed by atoms with Crippen LogP contribution in [0.25, 0.3) is 11.1 Å². The molecule has 0 radical (unpaired) electrons. The number of nitrogens with zero attached hydrogens (tertiary/aromatic N) is 3. The van der Waals surface area contributed by atoms with E-state index in [1.54, 1.807) is 0 Å². The lowest BCUT2D eigenvalue weighted by Gasteiger charge is -2.37. The van der Waals surface area contributed by atoms with E-state index in [2.05, 4.69) is 120 Å². The maximum Gasteiger partial charge on any atom is 0.0846 e. The van der Waals surface area contributed by atoms with Crippen LogP contribution in [-0.2, 0) is 5.41 Å². The van der Waals surface area contributed by atoms with E-state index >= 15 is 0 Å². The predicted molar refractivity (Wildman–Crippen MR) is 142 cm³/mol. The maximum atomic E-state index is 10.6. The summed E-state index contributed by atoms with van der Waals surface area (Å²) in [4.78, 5) is 5.01. The minimum absolute atomic E-state index is 0.463. The van der Waals surface area contributed by atoms with Crippen molar-refractivity contribution >= 4 is 0 Å². The molecule has 0 atom stereocenters. The Bertz CT molecular complexity index is 820. The van der Waals surface area contributed by atoms with Crippen molar-refractivity contribution in [2.75, 3.05) is 13.1 Å². The second-order valence-corrected chi connectivity index (χ2v) is 10.5. The molecule has 2 aromatic carbocycles. The minimum Gasteiger partial charge on any atom is -0.298 e. The van der Waals surface area contributed by atoms with Crippen molar-refractivity contribution in [1.29, 1.82) is 5.26 Å². The zero-order valence-electron chi connectivity index (χ0n) is 22.2. The van der Waals surface area contributed by atoms with Crippen molar-refractivity contribution in [1.82, 2.24) is 9.80 Å². The van der Waals surface area contributed by atoms with E-state index in [-0.39, 0.29) is 0 Å². The Balaban J connectivity index is 2.38. The van der Waals surface area contributed by atoms with Gasteiger partial charge in [0, 0.05) is 37.3 Å². The average molecular weight is 448 g/mol. The number of nitriles is 1. The van der Waals surface area contributed by atoms with Gasteiger partial charge in [-0.15, -0.1) is 0 Å². The van der Waals surface area contributed by atoms with E-state index in [0.717, 1.165) is 31.5 Å². The van der Waals surface area contributed by atoms with Gasteiger partial charge in [0.2, 0.25) is 0 Å². The molecule has 0 aliphatic heterocycles. The third-order valence-corrected chi connectivity index (χ3v) is 7.01. The molecule has 0 aliphatic carbocycles. The van der Waals surface area contributed by atoms with Gasteiger partial charge in [0.05, 0.1) is 11.5 Å². The lowest BCUT2D eigenvalue weighted by molar-refractivity contribution is 0.143. The summed E-state index contributed by atoms with van der Waals surface area (Å²) in [5.41, 5.74) is 3.05. The highest BCUT2D eigenvalue weighted by atomic mass is 15.2. The molecule has 0 N–H and O–H groups in total. The molecule has 0 unspecified atom stereocenters. The van der Waals surface area contributed by atoms with Crippen LogP contribution in [0.1, 0.15) is 73.8 Å². The van der Waals surface area contributed by atoms with Gasteiger partial charge in [0.1, 0.15) is 0 Å². The second-order valence-electron chi connectivity index (χ2n) is 10.5. The van der Waals surface area contributed by atoms with Crippen LogP contribution in [0.4, 0.5) is 0 Å². The molecule has 0 aromatic heterocycles. The van der Waals surface area contributed by atoms with Gasteiger partial charge < -0.3 is 0 Å². The van der Waals surface area contributed by atoms with Gasteiger partial charge in [0.25, 0.3) is 0 Å². The topological polar surface area (TPSA) is 30.3 Å². The van der Waals surface area contributed by atoms with Gasteiger partial charge in [-0.1, -0.05) is 54.6 Å². The Morgan fingerprint density at radius 2 is 1.03 bits per heavy atom. The molecule has 0 saturated carbocycles. The summed E-state index contributed by atoms with van der Waals surface area (Å²) in [6, 6.07) is 23.9. The van der Waals surface area contributed by atoms with Crippen LogP contribution in [0.15, 0.2) is 54.6 Å². The molecule has 0 bridgehead atoms. The molecular weight excluding hydrogens is 402 g/mol. The molecule has 33 heavy (non-hydrogen) atoms. The van der Waals surface area contributed by atoms with Crippen molar-refractivity contribution in [3.8, 4) is 17.2 Å². The van der Waals surface area contributed by atoms with Crippen LogP contribution < -0.4 is 0 Å². The smallest absolute Gasteiger partial charge is 0.0846 e. The van der Waals surface area contributed by atoms with Crippen LogP contribution in [0.5, 0.6) is 0 Å². The van der Waals surface area contributed by atoms with Crippen LogP contribution in [-0.4, -0.2) is 47.1 Å². The fourth-order valence-corrected chi connectivity index (χ4v) is 5.07. The van der Waals surface area contributed by atoms with Crippen molar-refractivity contribution in [3.63, 3.8) is 0 Å². The highest BCUT2D eigenvalue weighted by molar-refractivity contribution is 5.63. The van der Waals surface area contributed by atoms with Crippen molar-refractivity contribution in [3.05, 3.63) is 60.2 Å². The third kappa shape index (κ3) is 7.16. The van der Waals surface area contributed by atoms with E-state index in [1.807, 2.05) is 6.07 Å². The Morgan fingerprint density at radius 1 is 0.636 bits per heavy atom. The fraction of sp³-hybridized carbons (Fsp3) is 0.567. The van der Waals surface area contributed by atoms with Crippen LogP contribution in [0, 0.1) is 11.3 Å². The minimum atomic E-state index is -0.501. The lowest BCUT2D eigenvalue weighted by Crippen LogP contribution is -2.43. The van der Waals surface area contributed by atoms with E-state index < -0.39 is 5.41 Å². The monoisotopic (exact) mass is 447 g/mol. The lowest BCUT2D eigenvalue weighted by atomic mass is 9.75. The summed E-state index contributed by atoms with van der Waals surface area (Å²) in [5, 5.41) is 10.6. The molecule has 0 fully saturated rings. The number of hydrogen-bond acceptors (Lipinski definition) is 3. The van der Waals surface area contributed by atoms with E-state index in [0.29, 0.717) is 24.2 Å². The molecule has 0 aliphatic rings. The van der Waals surface area contributed by atoms with Gasteiger partial charge in [0.15, 0.2) is 0 Å². The fourth-order valence-electron chi connectivity index (χ4n) is 5.07. The molecule has 0 heterocycles. The quantitative estimate of drug-likeness (QED) is 0.346. The molecule has 3 nitrogen and oxygen atoms in total. The first-order chi connectivity index (χ1) is 15.6. The molecule has 2 aromatic rings. The summed E-state index contributed by atoms with van der Waals surface area (Å²) in [7, 11) is 0. The third-order valence-electron chi connectivity index (χ3n) is 7.01. The molecule has 0 spiro atoms. The van der Waals surface area contributed by atoms with Crippen LogP contribution in [0.3, 0.4) is 0 Å². The number of benzene rings is 2. The predicted octanol–water partition coefficient (Wildman–Crippen LogP) is 7.13. The van der Waals surface area contributed by atoms with Crippen LogP contribution >= 0.6 is 0 Å². The van der Waals surface area contributed by atoms with Crippen molar-refractivity contribution in [2.45, 2.75) is 97.8 Å². The molecule has 0 saturated heterocycles. The standard InChI is InChI=1S/C30H45N3/c1-23(2)32(24(3)4)20-18-30(22-31,19-21-33(25(5)6)26(7)8)29-16-14-28(15-17-29)27-12-10-9-11-13-27/h9-17,23-26H,18-21H2,1-8H3. The van der Waals surface area contributed by atoms with Gasteiger partial charge in [-0.2, -0.15) is 5.26 Å². The molecule has 3 heteroatoms. The zero-order chi connectivity index (χ0) is 24.6. The summed E-state index contributed by atoms with van der Waals surface area (Å²) < 4.78 is 0. The Labute approximate surface area is 203 Å². The number of hydrogen-bond donors (Lipinski definition) is 0. The van der Waals surface area contributed by atoms with Crippen LogP contribution in [0.2, 0.25) is 0 Å². The largest absolute Gasteiger partial charge is 0.298 e. The van der Waals surface area contributed by atoms with Gasteiger partial charge in [-0.3, -0.25) is 9.80 Å². The van der Waals surface area contributed by atoms with Crippen molar-refractivity contribution in [2.24, 2.45) is 0 Å². The maximum absolute atomic E-state index is 10.6. The van der Waals surface area contributed by atoms with Crippen molar-refractivity contribution < 1.29 is 0 Å². The Hall–Kier alpha value is -2.15. The molecule has 180 valence electrons. The second kappa shape index (κ2) is 12.4. The van der Waals surface area contributed by atoms with E-state index in [1.165, 1.54) is 11.1 Å². The van der Waals surface area contributed by atoms with E-state index in [9.17, 15) is 5.26 Å². The van der Waals surface area contributed by atoms with Gasteiger partial charge in [-0.25, -0.2) is 0 Å². The summed E-state index contributed by atoms with van der Waals surface area (Å²) in [5.74, 6) is 0. The molecule has 0 amide bonds. The summed E-state index contributed by atoms with van der Waals surface area (Å²) >= 11 is 0. The average Bonchev–Trinajstić information content (AvgIpc) is 2.78. The zero-order valence-corrected chi connectivity index (χ0v) is 22.2. The summed E-state index contributed by atoms with van der Waals surface area (Å²) in [6.07, 6.45) is 1.68. The first-order valence-electron chi connectivity index (χ1n) is 12.7. The van der Waals surface area contributed by atoms with Gasteiger partial charge in [-0.05, 0) is 84.9 Å². The number of rotatable bonds is 12. The molecule has 2 rings (SSSR count). The highest BCUT2D eigenvalue weighted by Gasteiger charge is 2.34. The van der Waals surface area contributed by atoms with E-state index in [4.69, 9.17) is 0 Å². The SMILES string of the molecule is CC(C)N(CCC(C#N)(CCN(C(C)C)C(C)C)c1ccc(-c2ccccc2)cc1)C(C)C. The van der Waals surface area contributed by atoms with Gasteiger partial charge >= 0.3 is 0 Å². The Morgan fingerprint density at radius 3 is 1.39 bits per heavy atom.